The van der Waals surface area contributed by atoms with Crippen LogP contribution in [0.4, 0.5) is 5.82 Å². The number of nitrogens with zero attached hydrogens (tertiary/aromatic N) is 5. The number of carbonyl (C=O) groups is 6. The zero-order chi connectivity index (χ0) is 35.0. The molecule has 254 valence electrons. The van der Waals surface area contributed by atoms with Crippen molar-refractivity contribution in [3.63, 3.8) is 0 Å². The molecule has 0 saturated carbocycles. The van der Waals surface area contributed by atoms with Crippen molar-refractivity contribution in [3.05, 3.63) is 12.3 Å². The summed E-state index contributed by atoms with van der Waals surface area (Å²) in [6.45, 7) is 5.62. The number of hydrogen-bond donors (Lipinski definition) is 8. The Labute approximate surface area is 256 Å². The summed E-state index contributed by atoms with van der Waals surface area (Å²) < 4.78 is 5.57. The van der Waals surface area contributed by atoms with Crippen LogP contribution in [0.1, 0.15) is 25.7 Å². The summed E-state index contributed by atoms with van der Waals surface area (Å²) in [6.07, 6.45) is -2.81. The highest BCUT2D eigenvalue weighted by Gasteiger charge is 2.41. The van der Waals surface area contributed by atoms with Crippen LogP contribution in [0.25, 0.3) is 0 Å². The summed E-state index contributed by atoms with van der Waals surface area (Å²) in [4.78, 5) is 76.3. The Hall–Kier alpha value is -4.66. The number of hydrogen-bond acceptors (Lipinski definition) is 14. The Morgan fingerprint density at radius 1 is 0.778 bits per heavy atom. The van der Waals surface area contributed by atoms with Crippen LogP contribution in [0.5, 0.6) is 6.01 Å². The van der Waals surface area contributed by atoms with E-state index in [1.807, 2.05) is 20.2 Å². The van der Waals surface area contributed by atoms with E-state index < -0.39 is 72.7 Å². The van der Waals surface area contributed by atoms with E-state index in [-0.39, 0.29) is 0 Å². The Bertz CT molecular complexity index is 1090. The average Bonchev–Trinajstić information content (AvgIpc) is 2.88. The molecule has 0 bridgehead atoms. The molecule has 20 heteroatoms. The fourth-order valence-corrected chi connectivity index (χ4v) is 3.36. The molecule has 0 amide bonds. The molecule has 2 heterocycles. The van der Waals surface area contributed by atoms with Gasteiger partial charge in [0.05, 0.1) is 25.7 Å². The molecule has 0 spiro atoms. The normalized spacial score (nSPS) is 13.4. The minimum absolute atomic E-state index is 0.471. The predicted molar refractivity (Wildman–Crippen MR) is 150 cm³/mol. The highest BCUT2D eigenvalue weighted by Crippen LogP contribution is 2.17. The molecule has 1 aliphatic heterocycles. The van der Waals surface area contributed by atoms with Gasteiger partial charge in [-0.05, 0) is 27.2 Å². The summed E-state index contributed by atoms with van der Waals surface area (Å²) in [7, 11) is 6.18. The van der Waals surface area contributed by atoms with Crippen LogP contribution < -0.4 is 9.64 Å². The topological polar surface area (TPSA) is 309 Å². The molecule has 0 aliphatic carbocycles. The van der Waals surface area contributed by atoms with E-state index in [0.717, 1.165) is 38.5 Å². The molecular formula is C25H39N5O15. The first-order valence-electron chi connectivity index (χ1n) is 13.0. The van der Waals surface area contributed by atoms with Crippen LogP contribution in [-0.2, 0) is 28.8 Å². The van der Waals surface area contributed by atoms with E-state index in [9.17, 15) is 28.8 Å². The number of aromatic nitrogens is 2. The molecule has 1 saturated heterocycles. The summed E-state index contributed by atoms with van der Waals surface area (Å²) in [5.74, 6) is -9.08. The van der Waals surface area contributed by atoms with E-state index in [0.29, 0.717) is 12.6 Å². The van der Waals surface area contributed by atoms with Crippen molar-refractivity contribution in [1.82, 2.24) is 19.8 Å². The zero-order valence-corrected chi connectivity index (χ0v) is 24.9. The summed E-state index contributed by atoms with van der Waals surface area (Å²) in [5.41, 5.74) is -5.48. The average molecular weight is 650 g/mol. The summed E-state index contributed by atoms with van der Waals surface area (Å²) >= 11 is 0. The minimum atomic E-state index is -2.74. The summed E-state index contributed by atoms with van der Waals surface area (Å²) in [6, 6.07) is 2.42. The van der Waals surface area contributed by atoms with Crippen molar-refractivity contribution in [1.29, 1.82) is 0 Å². The van der Waals surface area contributed by atoms with E-state index >= 15 is 0 Å². The van der Waals surface area contributed by atoms with Gasteiger partial charge in [0.2, 0.25) is 0 Å². The highest BCUT2D eigenvalue weighted by atomic mass is 16.5. The highest BCUT2D eigenvalue weighted by molar-refractivity contribution is 5.88. The molecule has 0 unspecified atom stereocenters. The third-order valence-corrected chi connectivity index (χ3v) is 5.79. The van der Waals surface area contributed by atoms with Crippen molar-refractivity contribution in [2.45, 2.75) is 36.9 Å². The molecule has 20 nitrogen and oxygen atoms in total. The monoisotopic (exact) mass is 649 g/mol. The van der Waals surface area contributed by atoms with Gasteiger partial charge in [-0.1, -0.05) is 0 Å². The lowest BCUT2D eigenvalue weighted by Gasteiger charge is -2.33. The van der Waals surface area contributed by atoms with Crippen molar-refractivity contribution in [3.8, 4) is 6.01 Å². The first-order valence-corrected chi connectivity index (χ1v) is 13.0. The second-order valence-electron chi connectivity index (χ2n) is 10.1. The number of ether oxygens (including phenoxy) is 1. The number of carboxylic acids is 6. The standard InChI is InChI=1S/C13H23N5O.2C6H8O7/c1-16(2)10-11-19-13-14-5-4-12(15-13)18-8-6-17(3)7-9-18;2*7-3(8)1-6(13,5(11)12)2-4(9)10/h4-5H,6-11H2,1-3H3;2*13H,1-2H2,(H,7,8)(H,9,10)(H,11,12). The Kier molecular flexibility index (Phi) is 16.9. The molecule has 1 fully saturated rings. The van der Waals surface area contributed by atoms with Gasteiger partial charge in [-0.15, -0.1) is 0 Å². The van der Waals surface area contributed by atoms with Crippen LogP contribution >= 0.6 is 0 Å². The lowest BCUT2D eigenvalue weighted by molar-refractivity contribution is -0.170. The van der Waals surface area contributed by atoms with Crippen molar-refractivity contribution < 1.29 is 74.4 Å². The molecule has 1 aliphatic rings. The number of rotatable bonds is 15. The second kappa shape index (κ2) is 18.9. The lowest BCUT2D eigenvalue weighted by Crippen LogP contribution is -2.44. The molecule has 0 radical (unpaired) electrons. The summed E-state index contributed by atoms with van der Waals surface area (Å²) in [5, 5.41) is 67.6. The number of aliphatic carboxylic acids is 6. The fraction of sp³-hybridized carbons (Fsp3) is 0.600. The van der Waals surface area contributed by atoms with Crippen molar-refractivity contribution >= 4 is 41.6 Å². The first-order chi connectivity index (χ1) is 20.7. The van der Waals surface area contributed by atoms with Crippen molar-refractivity contribution in [2.24, 2.45) is 0 Å². The maximum atomic E-state index is 10.3. The van der Waals surface area contributed by atoms with Gasteiger partial charge in [0.15, 0.2) is 11.2 Å². The third kappa shape index (κ3) is 16.7. The van der Waals surface area contributed by atoms with Gasteiger partial charge < -0.3 is 60.3 Å². The molecule has 1 aromatic heterocycles. The van der Waals surface area contributed by atoms with Gasteiger partial charge >= 0.3 is 41.8 Å². The molecule has 2 rings (SSSR count). The third-order valence-electron chi connectivity index (χ3n) is 5.79. The molecule has 0 atom stereocenters. The maximum Gasteiger partial charge on any atom is 0.336 e. The number of anilines is 1. The van der Waals surface area contributed by atoms with Gasteiger partial charge in [0.1, 0.15) is 12.4 Å². The first kappa shape index (κ1) is 40.3. The van der Waals surface area contributed by atoms with Crippen LogP contribution in [0, 0.1) is 0 Å². The van der Waals surface area contributed by atoms with Gasteiger partial charge in [0.25, 0.3) is 0 Å². The van der Waals surface area contributed by atoms with Gasteiger partial charge in [-0.3, -0.25) is 19.2 Å². The van der Waals surface area contributed by atoms with Gasteiger partial charge in [-0.2, -0.15) is 4.98 Å². The van der Waals surface area contributed by atoms with Crippen LogP contribution in [-0.4, -0.2) is 168 Å². The van der Waals surface area contributed by atoms with E-state index in [1.165, 1.54) is 0 Å². The molecule has 1 aromatic rings. The molecule has 8 N–H and O–H groups in total. The number of aliphatic hydroxyl groups is 2. The lowest BCUT2D eigenvalue weighted by atomic mass is 9.96. The maximum absolute atomic E-state index is 10.3. The molecule has 45 heavy (non-hydrogen) atoms. The van der Waals surface area contributed by atoms with E-state index in [4.69, 9.17) is 45.6 Å². The van der Waals surface area contributed by atoms with Crippen LogP contribution in [0.15, 0.2) is 12.3 Å². The van der Waals surface area contributed by atoms with Crippen LogP contribution in [0.2, 0.25) is 0 Å². The van der Waals surface area contributed by atoms with E-state index in [1.54, 1.807) is 6.20 Å². The van der Waals surface area contributed by atoms with Crippen molar-refractivity contribution in [2.75, 3.05) is 65.4 Å². The Morgan fingerprint density at radius 2 is 1.18 bits per heavy atom. The smallest absolute Gasteiger partial charge is 0.336 e. The quantitative estimate of drug-likeness (QED) is 0.0987. The van der Waals surface area contributed by atoms with Gasteiger partial charge in [-0.25, -0.2) is 14.6 Å². The number of carboxylic acid groups (broad SMARTS) is 6. The SMILES string of the molecule is CN(C)CCOc1nccc(N2CCN(C)CC2)n1.O=C(O)CC(O)(CC(=O)O)C(=O)O.O=C(O)CC(O)(CC(=O)O)C(=O)O. The van der Waals surface area contributed by atoms with E-state index in [2.05, 4.69) is 31.7 Å². The minimum Gasteiger partial charge on any atom is -0.481 e. The number of piperazine rings is 1. The molecule has 0 aromatic carbocycles. The van der Waals surface area contributed by atoms with Crippen LogP contribution in [0.3, 0.4) is 0 Å². The van der Waals surface area contributed by atoms with Gasteiger partial charge in [0, 0.05) is 38.9 Å². The fourth-order valence-electron chi connectivity index (χ4n) is 3.36. The zero-order valence-electron chi connectivity index (χ0n) is 24.9. The predicted octanol–water partition coefficient (Wildman–Crippen LogP) is -2.33. The second-order valence-corrected chi connectivity index (χ2v) is 10.1. The Balaban J connectivity index is 0.000000668. The Morgan fingerprint density at radius 3 is 1.51 bits per heavy atom. The molecular weight excluding hydrogens is 610 g/mol. The number of likely N-dealkylation sites (N-methyl/N-ethyl adjacent to an activating group) is 2. The largest absolute Gasteiger partial charge is 0.481 e.